The molecule has 0 atom stereocenters. The van der Waals surface area contributed by atoms with E-state index in [0.29, 0.717) is 30.3 Å². The summed E-state index contributed by atoms with van der Waals surface area (Å²) in [6, 6.07) is 7.25. The van der Waals surface area contributed by atoms with E-state index in [0.717, 1.165) is 5.56 Å². The number of hydrogen-bond donors (Lipinski definition) is 1. The number of methoxy groups -OCH3 is 2. The number of rotatable bonds is 6. The third-order valence-corrected chi connectivity index (χ3v) is 3.15. The molecule has 1 aromatic carbocycles. The molecule has 1 amide bonds. The second kappa shape index (κ2) is 6.78. The highest BCUT2D eigenvalue weighted by molar-refractivity contribution is 5.92. The van der Waals surface area contributed by atoms with Crippen molar-refractivity contribution < 1.29 is 14.3 Å². The lowest BCUT2D eigenvalue weighted by Crippen LogP contribution is -2.25. The van der Waals surface area contributed by atoms with Crippen LogP contribution in [0.4, 0.5) is 0 Å². The van der Waals surface area contributed by atoms with Gasteiger partial charge in [-0.05, 0) is 30.7 Å². The van der Waals surface area contributed by atoms with Crippen molar-refractivity contribution in [1.82, 2.24) is 15.1 Å². The summed E-state index contributed by atoms with van der Waals surface area (Å²) in [5.41, 5.74) is 1.49. The van der Waals surface area contributed by atoms with E-state index in [2.05, 4.69) is 10.4 Å². The summed E-state index contributed by atoms with van der Waals surface area (Å²) < 4.78 is 12.1. The molecule has 0 saturated carbocycles. The van der Waals surface area contributed by atoms with E-state index in [1.54, 1.807) is 31.2 Å². The molecule has 0 unspecified atom stereocenters. The largest absolute Gasteiger partial charge is 0.493 e. The quantitative estimate of drug-likeness (QED) is 0.881. The van der Waals surface area contributed by atoms with Crippen LogP contribution in [0.3, 0.4) is 0 Å². The van der Waals surface area contributed by atoms with Crippen LogP contribution in [0.1, 0.15) is 23.0 Å². The molecule has 0 aliphatic rings. The Labute approximate surface area is 123 Å². The van der Waals surface area contributed by atoms with Crippen LogP contribution < -0.4 is 14.8 Å². The van der Waals surface area contributed by atoms with Crippen molar-refractivity contribution in [3.63, 3.8) is 0 Å². The molecule has 0 spiro atoms. The maximum atomic E-state index is 12.1. The summed E-state index contributed by atoms with van der Waals surface area (Å²) in [7, 11) is 3.17. The molecule has 6 nitrogen and oxygen atoms in total. The first kappa shape index (κ1) is 14.9. The fourth-order valence-electron chi connectivity index (χ4n) is 2.04. The van der Waals surface area contributed by atoms with Gasteiger partial charge in [-0.2, -0.15) is 5.10 Å². The molecule has 21 heavy (non-hydrogen) atoms. The molecule has 2 aromatic rings. The molecule has 1 heterocycles. The number of aryl methyl sites for hydroxylation is 1. The molecule has 1 aromatic heterocycles. The summed E-state index contributed by atoms with van der Waals surface area (Å²) in [4.78, 5) is 12.1. The third-order valence-electron chi connectivity index (χ3n) is 3.15. The second-order valence-electron chi connectivity index (χ2n) is 4.40. The van der Waals surface area contributed by atoms with Gasteiger partial charge in [-0.15, -0.1) is 0 Å². The topological polar surface area (TPSA) is 65.4 Å². The van der Waals surface area contributed by atoms with E-state index in [1.807, 2.05) is 25.1 Å². The van der Waals surface area contributed by atoms with Crippen LogP contribution in [0.2, 0.25) is 0 Å². The number of carbonyl (C=O) groups is 1. The van der Waals surface area contributed by atoms with E-state index in [9.17, 15) is 4.79 Å². The highest BCUT2D eigenvalue weighted by Crippen LogP contribution is 2.27. The van der Waals surface area contributed by atoms with E-state index in [4.69, 9.17) is 9.47 Å². The van der Waals surface area contributed by atoms with Gasteiger partial charge < -0.3 is 14.8 Å². The number of aromatic nitrogens is 2. The van der Waals surface area contributed by atoms with Gasteiger partial charge in [0.05, 0.1) is 14.2 Å². The lowest BCUT2D eigenvalue weighted by Gasteiger charge is -2.10. The van der Waals surface area contributed by atoms with Gasteiger partial charge in [0, 0.05) is 19.3 Å². The number of amides is 1. The fourth-order valence-corrected chi connectivity index (χ4v) is 2.04. The van der Waals surface area contributed by atoms with Gasteiger partial charge in [-0.25, -0.2) is 0 Å². The van der Waals surface area contributed by atoms with Gasteiger partial charge in [0.2, 0.25) is 0 Å². The summed E-state index contributed by atoms with van der Waals surface area (Å²) in [6.07, 6.45) is 1.62. The lowest BCUT2D eigenvalue weighted by atomic mass is 10.2. The predicted octanol–water partition coefficient (Wildman–Crippen LogP) is 1.85. The van der Waals surface area contributed by atoms with Crippen LogP contribution in [-0.4, -0.2) is 29.9 Å². The average Bonchev–Trinajstić information content (AvgIpc) is 3.00. The Morgan fingerprint density at radius 3 is 2.67 bits per heavy atom. The van der Waals surface area contributed by atoms with Crippen molar-refractivity contribution in [2.75, 3.05) is 14.2 Å². The van der Waals surface area contributed by atoms with Crippen LogP contribution in [0.5, 0.6) is 11.5 Å². The molecule has 0 aliphatic carbocycles. The number of carbonyl (C=O) groups excluding carboxylic acids is 1. The van der Waals surface area contributed by atoms with E-state index >= 15 is 0 Å². The van der Waals surface area contributed by atoms with Gasteiger partial charge in [-0.3, -0.25) is 9.48 Å². The molecule has 0 radical (unpaired) electrons. The molecular formula is C15H19N3O3. The fraction of sp³-hybridized carbons (Fsp3) is 0.333. The standard InChI is InChI=1S/C15H19N3O3/c1-4-18-12(7-8-17-18)15(19)16-10-11-5-6-13(20-2)14(9-11)21-3/h5-9H,4,10H2,1-3H3,(H,16,19). The zero-order valence-electron chi connectivity index (χ0n) is 12.4. The van der Waals surface area contributed by atoms with Gasteiger partial charge in [0.25, 0.3) is 5.91 Å². The van der Waals surface area contributed by atoms with Gasteiger partial charge in [-0.1, -0.05) is 6.07 Å². The maximum Gasteiger partial charge on any atom is 0.269 e. The third kappa shape index (κ3) is 3.34. The minimum absolute atomic E-state index is 0.149. The molecule has 0 aliphatic heterocycles. The summed E-state index contributed by atoms with van der Waals surface area (Å²) >= 11 is 0. The minimum Gasteiger partial charge on any atom is -0.493 e. The van der Waals surface area contributed by atoms with Crippen LogP contribution in [-0.2, 0) is 13.1 Å². The molecule has 112 valence electrons. The highest BCUT2D eigenvalue weighted by atomic mass is 16.5. The van der Waals surface area contributed by atoms with Gasteiger partial charge in [0.1, 0.15) is 5.69 Å². The van der Waals surface area contributed by atoms with E-state index < -0.39 is 0 Å². The Morgan fingerprint density at radius 1 is 1.24 bits per heavy atom. The van der Waals surface area contributed by atoms with Crippen molar-refractivity contribution in [1.29, 1.82) is 0 Å². The number of nitrogens with zero attached hydrogens (tertiary/aromatic N) is 2. The van der Waals surface area contributed by atoms with Crippen LogP contribution in [0.25, 0.3) is 0 Å². The van der Waals surface area contributed by atoms with Crippen molar-refractivity contribution in [3.05, 3.63) is 41.7 Å². The number of ether oxygens (including phenoxy) is 2. The first-order chi connectivity index (χ1) is 10.2. The Hall–Kier alpha value is -2.50. The van der Waals surface area contributed by atoms with Crippen LogP contribution in [0.15, 0.2) is 30.5 Å². The van der Waals surface area contributed by atoms with Gasteiger partial charge >= 0.3 is 0 Å². The molecule has 6 heteroatoms. The number of benzene rings is 1. The first-order valence-electron chi connectivity index (χ1n) is 6.70. The Morgan fingerprint density at radius 2 is 2.00 bits per heavy atom. The minimum atomic E-state index is -0.149. The van der Waals surface area contributed by atoms with E-state index in [-0.39, 0.29) is 5.91 Å². The Bertz CT molecular complexity index is 622. The van der Waals surface area contributed by atoms with Crippen molar-refractivity contribution in [3.8, 4) is 11.5 Å². The number of nitrogens with one attached hydrogen (secondary N) is 1. The lowest BCUT2D eigenvalue weighted by molar-refractivity contribution is 0.0940. The molecular weight excluding hydrogens is 270 g/mol. The van der Waals surface area contributed by atoms with Crippen molar-refractivity contribution in [2.45, 2.75) is 20.0 Å². The summed E-state index contributed by atoms with van der Waals surface area (Å²) in [6.45, 7) is 3.01. The van der Waals surface area contributed by atoms with Crippen molar-refractivity contribution in [2.24, 2.45) is 0 Å². The van der Waals surface area contributed by atoms with E-state index in [1.165, 1.54) is 0 Å². The molecule has 0 bridgehead atoms. The average molecular weight is 289 g/mol. The molecule has 2 rings (SSSR count). The monoisotopic (exact) mass is 289 g/mol. The Balaban J connectivity index is 2.04. The smallest absolute Gasteiger partial charge is 0.269 e. The molecule has 1 N–H and O–H groups in total. The second-order valence-corrected chi connectivity index (χ2v) is 4.40. The molecule has 0 fully saturated rings. The Kier molecular flexibility index (Phi) is 4.81. The summed E-state index contributed by atoms with van der Waals surface area (Å²) in [5, 5.41) is 6.95. The first-order valence-corrected chi connectivity index (χ1v) is 6.70. The van der Waals surface area contributed by atoms with Crippen LogP contribution in [0, 0.1) is 0 Å². The van der Waals surface area contributed by atoms with Gasteiger partial charge in [0.15, 0.2) is 11.5 Å². The maximum absolute atomic E-state index is 12.1. The number of hydrogen-bond acceptors (Lipinski definition) is 4. The highest BCUT2D eigenvalue weighted by Gasteiger charge is 2.11. The van der Waals surface area contributed by atoms with Crippen molar-refractivity contribution >= 4 is 5.91 Å². The zero-order valence-corrected chi connectivity index (χ0v) is 12.4. The predicted molar refractivity (Wildman–Crippen MR) is 78.6 cm³/mol. The zero-order chi connectivity index (χ0) is 15.2. The normalized spacial score (nSPS) is 10.2. The summed E-state index contributed by atoms with van der Waals surface area (Å²) in [5.74, 6) is 1.16. The van der Waals surface area contributed by atoms with Crippen LogP contribution >= 0.6 is 0 Å². The SMILES string of the molecule is CCn1nccc1C(=O)NCc1ccc(OC)c(OC)c1. The molecule has 0 saturated heterocycles.